The molecule has 0 spiro atoms. The molecule has 0 amide bonds. The van der Waals surface area contributed by atoms with Crippen molar-refractivity contribution in [1.82, 2.24) is 30.4 Å². The fourth-order valence-electron chi connectivity index (χ4n) is 1.36. The van der Waals surface area contributed by atoms with Crippen molar-refractivity contribution in [2.24, 2.45) is 0 Å². The zero-order valence-electron chi connectivity index (χ0n) is 7.48. The van der Waals surface area contributed by atoms with Gasteiger partial charge in [0.2, 0.25) is 0 Å². The van der Waals surface area contributed by atoms with E-state index in [0.717, 1.165) is 5.56 Å². The first kappa shape index (κ1) is 7.92. The summed E-state index contributed by atoms with van der Waals surface area (Å²) in [4.78, 5) is 18.4. The summed E-state index contributed by atoms with van der Waals surface area (Å²) in [5, 5.41) is 13.3. The third-order valence-electron chi connectivity index (χ3n) is 2.09. The zero-order valence-corrected chi connectivity index (χ0v) is 7.48. The quantitative estimate of drug-likeness (QED) is 0.518. The topological polar surface area (TPSA) is 103 Å². The Bertz CT molecular complexity index is 649. The Balaban J connectivity index is 2.34. The van der Waals surface area contributed by atoms with Crippen molar-refractivity contribution >= 4 is 11.0 Å². The summed E-state index contributed by atoms with van der Waals surface area (Å²) in [7, 11) is 0. The van der Waals surface area contributed by atoms with E-state index in [1.807, 2.05) is 0 Å². The average Bonchev–Trinajstić information content (AvgIpc) is 2.88. The molecule has 3 aromatic heterocycles. The summed E-state index contributed by atoms with van der Waals surface area (Å²) in [6.07, 6.45) is 4.68. The highest BCUT2D eigenvalue weighted by Gasteiger charge is 2.07. The lowest BCUT2D eigenvalue weighted by Gasteiger charge is -1.95. The van der Waals surface area contributed by atoms with Crippen molar-refractivity contribution < 1.29 is 0 Å². The van der Waals surface area contributed by atoms with Crippen LogP contribution in [0, 0.1) is 0 Å². The molecule has 0 unspecified atom stereocenters. The van der Waals surface area contributed by atoms with Crippen LogP contribution < -0.4 is 5.56 Å². The Kier molecular flexibility index (Phi) is 1.46. The highest BCUT2D eigenvalue weighted by atomic mass is 16.1. The van der Waals surface area contributed by atoms with Crippen molar-refractivity contribution in [2.75, 3.05) is 0 Å². The van der Waals surface area contributed by atoms with Crippen LogP contribution in [-0.4, -0.2) is 30.4 Å². The van der Waals surface area contributed by atoms with Crippen molar-refractivity contribution in [3.8, 4) is 11.4 Å². The Morgan fingerprint density at radius 2 is 2.13 bits per heavy atom. The van der Waals surface area contributed by atoms with Gasteiger partial charge in [-0.2, -0.15) is 10.2 Å². The molecule has 7 heteroatoms. The first-order chi connectivity index (χ1) is 7.34. The largest absolute Gasteiger partial charge is 0.306 e. The lowest BCUT2D eigenvalue weighted by atomic mass is 10.3. The summed E-state index contributed by atoms with van der Waals surface area (Å²) >= 11 is 0. The van der Waals surface area contributed by atoms with E-state index >= 15 is 0 Å². The van der Waals surface area contributed by atoms with Crippen LogP contribution in [-0.2, 0) is 0 Å². The highest BCUT2D eigenvalue weighted by Crippen LogP contribution is 2.12. The average molecular weight is 202 g/mol. The number of fused-ring (bicyclic) bond motifs is 1. The van der Waals surface area contributed by atoms with Crippen LogP contribution in [0.15, 0.2) is 23.4 Å². The van der Waals surface area contributed by atoms with E-state index in [0.29, 0.717) is 16.9 Å². The number of nitrogens with zero attached hydrogens (tertiary/aromatic N) is 3. The molecule has 0 aromatic carbocycles. The molecule has 15 heavy (non-hydrogen) atoms. The van der Waals surface area contributed by atoms with Gasteiger partial charge in [-0.15, -0.1) is 0 Å². The van der Waals surface area contributed by atoms with Gasteiger partial charge in [-0.1, -0.05) is 0 Å². The maximum absolute atomic E-state index is 11.6. The summed E-state index contributed by atoms with van der Waals surface area (Å²) in [5.41, 5.74) is 0.975. The Morgan fingerprint density at radius 3 is 2.93 bits per heavy atom. The van der Waals surface area contributed by atoms with Crippen molar-refractivity contribution in [1.29, 1.82) is 0 Å². The second-order valence-electron chi connectivity index (χ2n) is 3.03. The van der Waals surface area contributed by atoms with Gasteiger partial charge < -0.3 is 4.98 Å². The Labute approximate surface area is 82.6 Å². The van der Waals surface area contributed by atoms with Gasteiger partial charge in [-0.05, 0) is 0 Å². The van der Waals surface area contributed by atoms with Gasteiger partial charge in [0, 0.05) is 6.20 Å². The maximum Gasteiger partial charge on any atom is 0.262 e. The molecule has 74 valence electrons. The van der Waals surface area contributed by atoms with E-state index in [-0.39, 0.29) is 5.56 Å². The molecular weight excluding hydrogens is 196 g/mol. The maximum atomic E-state index is 11.6. The molecule has 3 N–H and O–H groups in total. The lowest BCUT2D eigenvalue weighted by molar-refractivity contribution is 1.09. The summed E-state index contributed by atoms with van der Waals surface area (Å²) in [6.45, 7) is 0. The van der Waals surface area contributed by atoms with Gasteiger partial charge >= 0.3 is 0 Å². The number of H-pyrrole nitrogens is 3. The van der Waals surface area contributed by atoms with Gasteiger partial charge in [0.25, 0.3) is 5.56 Å². The van der Waals surface area contributed by atoms with Crippen molar-refractivity contribution in [3.63, 3.8) is 0 Å². The number of rotatable bonds is 1. The molecule has 0 bridgehead atoms. The van der Waals surface area contributed by atoms with E-state index in [1.165, 1.54) is 6.20 Å². The van der Waals surface area contributed by atoms with E-state index in [1.54, 1.807) is 12.4 Å². The molecule has 0 atom stereocenters. The van der Waals surface area contributed by atoms with E-state index in [4.69, 9.17) is 0 Å². The Hall–Kier alpha value is -2.44. The van der Waals surface area contributed by atoms with Crippen LogP contribution in [0.25, 0.3) is 22.4 Å². The molecule has 3 rings (SSSR count). The first-order valence-corrected chi connectivity index (χ1v) is 4.27. The van der Waals surface area contributed by atoms with Crippen LogP contribution in [0.1, 0.15) is 0 Å². The number of hydrogen-bond acceptors (Lipinski definition) is 4. The predicted octanol–water partition coefficient (Wildman–Crippen LogP) is 0.0363. The molecule has 0 fully saturated rings. The molecule has 0 radical (unpaired) electrons. The van der Waals surface area contributed by atoms with Gasteiger partial charge in [0.15, 0.2) is 5.65 Å². The summed E-state index contributed by atoms with van der Waals surface area (Å²) < 4.78 is 0. The normalized spacial score (nSPS) is 10.9. The standard InChI is InChI=1S/C8H6N6O/c15-8-5-3-11-14-7(5)12-6(13-8)4-1-9-10-2-4/h1-3H,(H,9,10)(H2,11,12,13,14,15). The van der Waals surface area contributed by atoms with Gasteiger partial charge in [0.1, 0.15) is 11.2 Å². The first-order valence-electron chi connectivity index (χ1n) is 4.27. The van der Waals surface area contributed by atoms with Crippen LogP contribution >= 0.6 is 0 Å². The second-order valence-corrected chi connectivity index (χ2v) is 3.03. The monoisotopic (exact) mass is 202 g/mol. The van der Waals surface area contributed by atoms with Crippen LogP contribution in [0.4, 0.5) is 0 Å². The molecule has 0 saturated heterocycles. The summed E-state index contributed by atoms with van der Waals surface area (Å²) in [6, 6.07) is 0. The minimum atomic E-state index is -0.218. The second kappa shape index (κ2) is 2.77. The fraction of sp³-hybridized carbons (Fsp3) is 0. The van der Waals surface area contributed by atoms with Gasteiger partial charge in [-0.3, -0.25) is 15.0 Å². The molecule has 0 aliphatic heterocycles. The number of aromatic amines is 3. The molecule has 7 nitrogen and oxygen atoms in total. The minimum absolute atomic E-state index is 0.218. The van der Waals surface area contributed by atoms with E-state index in [9.17, 15) is 4.79 Å². The third kappa shape index (κ3) is 1.13. The fourth-order valence-corrected chi connectivity index (χ4v) is 1.36. The summed E-state index contributed by atoms with van der Waals surface area (Å²) in [5.74, 6) is 0.463. The predicted molar refractivity (Wildman–Crippen MR) is 52.1 cm³/mol. The number of aromatic nitrogens is 6. The Morgan fingerprint density at radius 1 is 1.20 bits per heavy atom. The van der Waals surface area contributed by atoms with E-state index in [2.05, 4.69) is 30.4 Å². The number of hydrogen-bond donors (Lipinski definition) is 3. The van der Waals surface area contributed by atoms with Crippen LogP contribution in [0.3, 0.4) is 0 Å². The highest BCUT2D eigenvalue weighted by molar-refractivity contribution is 5.74. The number of nitrogens with one attached hydrogen (secondary N) is 3. The van der Waals surface area contributed by atoms with Crippen LogP contribution in [0.5, 0.6) is 0 Å². The SMILES string of the molecule is O=c1[nH]c(-c2cn[nH]c2)nc2[nH]ncc12. The molecular formula is C8H6N6O. The zero-order chi connectivity index (χ0) is 10.3. The van der Waals surface area contributed by atoms with Gasteiger partial charge in [-0.25, -0.2) is 4.98 Å². The van der Waals surface area contributed by atoms with Crippen LogP contribution in [0.2, 0.25) is 0 Å². The van der Waals surface area contributed by atoms with Gasteiger partial charge in [0.05, 0.1) is 18.0 Å². The molecule has 3 aromatic rings. The molecule has 0 aliphatic carbocycles. The third-order valence-corrected chi connectivity index (χ3v) is 2.09. The molecule has 0 aliphatic rings. The smallest absolute Gasteiger partial charge is 0.262 e. The lowest BCUT2D eigenvalue weighted by Crippen LogP contribution is -2.08. The molecule has 0 saturated carbocycles. The van der Waals surface area contributed by atoms with Crippen molar-refractivity contribution in [3.05, 3.63) is 28.9 Å². The minimum Gasteiger partial charge on any atom is -0.306 e. The molecule has 3 heterocycles. The van der Waals surface area contributed by atoms with Crippen molar-refractivity contribution in [2.45, 2.75) is 0 Å². The van der Waals surface area contributed by atoms with E-state index < -0.39 is 0 Å².